The van der Waals surface area contributed by atoms with Gasteiger partial charge in [0.25, 0.3) is 5.91 Å². The maximum absolute atomic E-state index is 13.2. The van der Waals surface area contributed by atoms with E-state index in [0.29, 0.717) is 43.8 Å². The lowest BCUT2D eigenvalue weighted by atomic mass is 9.91. The molecule has 7 nitrogen and oxygen atoms in total. The predicted octanol–water partition coefficient (Wildman–Crippen LogP) is 3.83. The number of thioether (sulfide) groups is 1. The molecule has 33 heavy (non-hydrogen) atoms. The molecule has 1 N–H and O–H groups in total. The molecule has 0 saturated carbocycles. The van der Waals surface area contributed by atoms with E-state index < -0.39 is 0 Å². The summed E-state index contributed by atoms with van der Waals surface area (Å²) in [6, 6.07) is 9.60. The molecule has 2 heterocycles. The molecule has 1 aromatic heterocycles. The van der Waals surface area contributed by atoms with Crippen LogP contribution in [0, 0.1) is 18.3 Å². The lowest BCUT2D eigenvalue weighted by Gasteiger charge is -2.33. The molecule has 0 bridgehead atoms. The standard InChI is InChI=1S/C25H36N4O3S/c1-18-14-20(32-27-18)15-33-22-9-7-6-8-21(22)24(31)29-12-10-19(11-13-29)23(30)26-16-25(2,3)17-28(4)5/h6-9,14,19H,10-13,15-17H2,1-5H3,(H,26,30). The lowest BCUT2D eigenvalue weighted by molar-refractivity contribution is -0.126. The Morgan fingerprint density at radius 3 is 2.58 bits per heavy atom. The average Bonchev–Trinajstić information content (AvgIpc) is 3.20. The van der Waals surface area contributed by atoms with Crippen molar-refractivity contribution >= 4 is 23.6 Å². The molecule has 1 aliphatic heterocycles. The molecule has 0 unspecified atom stereocenters. The molecule has 2 amide bonds. The molecule has 1 aliphatic rings. The van der Waals surface area contributed by atoms with Gasteiger partial charge in [-0.2, -0.15) is 0 Å². The Hall–Kier alpha value is -2.32. The van der Waals surface area contributed by atoms with Gasteiger partial charge < -0.3 is 19.6 Å². The van der Waals surface area contributed by atoms with Crippen LogP contribution in [0.3, 0.4) is 0 Å². The van der Waals surface area contributed by atoms with Crippen LogP contribution in [0.2, 0.25) is 0 Å². The first-order valence-corrected chi connectivity index (χ1v) is 12.5. The first-order chi connectivity index (χ1) is 15.6. The molecule has 2 aromatic rings. The van der Waals surface area contributed by atoms with Crippen LogP contribution < -0.4 is 5.32 Å². The summed E-state index contributed by atoms with van der Waals surface area (Å²) in [5.41, 5.74) is 1.57. The van der Waals surface area contributed by atoms with Gasteiger partial charge in [0.2, 0.25) is 5.91 Å². The van der Waals surface area contributed by atoms with Crippen LogP contribution in [-0.4, -0.2) is 67.0 Å². The van der Waals surface area contributed by atoms with Gasteiger partial charge in [-0.25, -0.2) is 0 Å². The van der Waals surface area contributed by atoms with Gasteiger partial charge >= 0.3 is 0 Å². The zero-order valence-electron chi connectivity index (χ0n) is 20.4. The first kappa shape index (κ1) is 25.3. The Balaban J connectivity index is 1.52. The third-order valence-corrected chi connectivity index (χ3v) is 6.90. The van der Waals surface area contributed by atoms with E-state index >= 15 is 0 Å². The molecule has 3 rings (SSSR count). The van der Waals surface area contributed by atoms with E-state index in [4.69, 9.17) is 4.52 Å². The van der Waals surface area contributed by atoms with Crippen molar-refractivity contribution in [2.75, 3.05) is 40.3 Å². The van der Waals surface area contributed by atoms with Gasteiger partial charge in [-0.3, -0.25) is 9.59 Å². The number of nitrogens with one attached hydrogen (secondary N) is 1. The minimum absolute atomic E-state index is 0.0155. The van der Waals surface area contributed by atoms with Crippen LogP contribution in [0.5, 0.6) is 0 Å². The van der Waals surface area contributed by atoms with Crippen LogP contribution in [-0.2, 0) is 10.5 Å². The number of aryl methyl sites for hydroxylation is 1. The van der Waals surface area contributed by atoms with Crippen molar-refractivity contribution in [1.82, 2.24) is 20.3 Å². The van der Waals surface area contributed by atoms with Crippen LogP contribution in [0.1, 0.15) is 48.5 Å². The zero-order valence-corrected chi connectivity index (χ0v) is 21.2. The van der Waals surface area contributed by atoms with Crippen molar-refractivity contribution in [2.24, 2.45) is 11.3 Å². The largest absolute Gasteiger partial charge is 0.360 e. The minimum atomic E-state index is -0.0384. The fourth-order valence-corrected chi connectivity index (χ4v) is 5.22. The third-order valence-electron chi connectivity index (χ3n) is 5.80. The van der Waals surface area contributed by atoms with E-state index in [0.717, 1.165) is 22.9 Å². The summed E-state index contributed by atoms with van der Waals surface area (Å²) in [6.45, 7) is 8.97. The summed E-state index contributed by atoms with van der Waals surface area (Å²) in [6.07, 6.45) is 1.39. The van der Waals surface area contributed by atoms with Crippen molar-refractivity contribution in [3.05, 3.63) is 47.3 Å². The monoisotopic (exact) mass is 472 g/mol. The van der Waals surface area contributed by atoms with Gasteiger partial charge in [0, 0.05) is 43.1 Å². The number of aromatic nitrogens is 1. The number of amides is 2. The fourth-order valence-electron chi connectivity index (χ4n) is 4.30. The highest BCUT2D eigenvalue weighted by Gasteiger charge is 2.30. The van der Waals surface area contributed by atoms with E-state index in [2.05, 4.69) is 29.2 Å². The molecule has 8 heteroatoms. The SMILES string of the molecule is Cc1cc(CSc2ccccc2C(=O)N2CCC(C(=O)NCC(C)(C)CN(C)C)CC2)on1. The van der Waals surface area contributed by atoms with E-state index in [1.54, 1.807) is 11.8 Å². The Morgan fingerprint density at radius 1 is 1.24 bits per heavy atom. The highest BCUT2D eigenvalue weighted by molar-refractivity contribution is 7.98. The summed E-state index contributed by atoms with van der Waals surface area (Å²) in [5, 5.41) is 7.05. The molecule has 0 spiro atoms. The van der Waals surface area contributed by atoms with Crippen LogP contribution in [0.25, 0.3) is 0 Å². The maximum Gasteiger partial charge on any atom is 0.254 e. The van der Waals surface area contributed by atoms with Crippen molar-refractivity contribution in [3.8, 4) is 0 Å². The number of hydrogen-bond donors (Lipinski definition) is 1. The average molecular weight is 473 g/mol. The number of piperidine rings is 1. The van der Waals surface area contributed by atoms with E-state index in [1.165, 1.54) is 0 Å². The topological polar surface area (TPSA) is 78.7 Å². The molecule has 1 saturated heterocycles. The number of nitrogens with zero attached hydrogens (tertiary/aromatic N) is 3. The van der Waals surface area contributed by atoms with Gasteiger partial charge in [0.15, 0.2) is 0 Å². The van der Waals surface area contributed by atoms with Gasteiger partial charge in [-0.05, 0) is 51.4 Å². The van der Waals surface area contributed by atoms with Crippen molar-refractivity contribution in [3.63, 3.8) is 0 Å². The molecular weight excluding hydrogens is 436 g/mol. The molecule has 180 valence electrons. The van der Waals surface area contributed by atoms with Crippen molar-refractivity contribution in [2.45, 2.75) is 44.3 Å². The molecule has 0 radical (unpaired) electrons. The third kappa shape index (κ3) is 7.33. The van der Waals surface area contributed by atoms with Crippen LogP contribution in [0.4, 0.5) is 0 Å². The van der Waals surface area contributed by atoms with Crippen molar-refractivity contribution in [1.29, 1.82) is 0 Å². The number of likely N-dealkylation sites (tertiary alicyclic amines) is 1. The highest BCUT2D eigenvalue weighted by Crippen LogP contribution is 2.29. The minimum Gasteiger partial charge on any atom is -0.360 e. The molecule has 0 atom stereocenters. The van der Waals surface area contributed by atoms with Crippen molar-refractivity contribution < 1.29 is 14.1 Å². The summed E-state index contributed by atoms with van der Waals surface area (Å²) in [4.78, 5) is 30.9. The zero-order chi connectivity index (χ0) is 24.0. The Kier molecular flexibility index (Phi) is 8.59. The van der Waals surface area contributed by atoms with Gasteiger partial charge in [0.05, 0.1) is 17.0 Å². The number of carbonyl (C=O) groups excluding carboxylic acids is 2. The number of benzene rings is 1. The number of hydrogen-bond acceptors (Lipinski definition) is 6. The van der Waals surface area contributed by atoms with Gasteiger partial charge in [-0.15, -0.1) is 11.8 Å². The molecule has 1 aromatic carbocycles. The summed E-state index contributed by atoms with van der Waals surface area (Å²) < 4.78 is 5.29. The smallest absolute Gasteiger partial charge is 0.254 e. The second kappa shape index (κ2) is 11.2. The summed E-state index contributed by atoms with van der Waals surface area (Å²) in [7, 11) is 4.09. The Bertz CT molecular complexity index is 949. The normalized spacial score (nSPS) is 15.2. The second-order valence-corrected chi connectivity index (χ2v) is 10.9. The molecule has 0 aliphatic carbocycles. The van der Waals surface area contributed by atoms with E-state index in [9.17, 15) is 9.59 Å². The number of rotatable bonds is 9. The molecule has 1 fully saturated rings. The van der Waals surface area contributed by atoms with Crippen LogP contribution in [0.15, 0.2) is 39.8 Å². The van der Waals surface area contributed by atoms with Crippen LogP contribution >= 0.6 is 11.8 Å². The fraction of sp³-hybridized carbons (Fsp3) is 0.560. The quantitative estimate of drug-likeness (QED) is 0.559. The predicted molar refractivity (Wildman–Crippen MR) is 131 cm³/mol. The van der Waals surface area contributed by atoms with Gasteiger partial charge in [-0.1, -0.05) is 31.1 Å². The van der Waals surface area contributed by atoms with E-state index in [-0.39, 0.29) is 23.1 Å². The Morgan fingerprint density at radius 2 is 1.94 bits per heavy atom. The van der Waals surface area contributed by atoms with E-state index in [1.807, 2.05) is 56.3 Å². The Labute approximate surface area is 201 Å². The number of carbonyl (C=O) groups is 2. The highest BCUT2D eigenvalue weighted by atomic mass is 32.2. The lowest BCUT2D eigenvalue weighted by Crippen LogP contribution is -2.46. The second-order valence-electron chi connectivity index (χ2n) is 9.91. The molecular formula is C25H36N4O3S. The first-order valence-electron chi connectivity index (χ1n) is 11.5. The maximum atomic E-state index is 13.2. The summed E-state index contributed by atoms with van der Waals surface area (Å²) in [5.74, 6) is 1.51. The summed E-state index contributed by atoms with van der Waals surface area (Å²) >= 11 is 1.58. The van der Waals surface area contributed by atoms with Gasteiger partial charge in [0.1, 0.15) is 5.76 Å².